The number of thiocarbonyl (C=S) groups is 1. The number of halogens is 1. The van der Waals surface area contributed by atoms with Crippen molar-refractivity contribution in [1.82, 2.24) is 9.47 Å². The van der Waals surface area contributed by atoms with Gasteiger partial charge in [-0.15, -0.1) is 0 Å². The Kier molecular flexibility index (Phi) is 8.80. The van der Waals surface area contributed by atoms with Crippen LogP contribution in [0.2, 0.25) is 0 Å². The molecule has 7 nitrogen and oxygen atoms in total. The molecule has 10 heteroatoms. The Labute approximate surface area is 254 Å². The molecular weight excluding hydrogens is 570 g/mol. The van der Waals surface area contributed by atoms with Gasteiger partial charge in [0.1, 0.15) is 27.6 Å². The molecule has 2 aliphatic heterocycles. The molecule has 1 amide bonds. The molecule has 1 aromatic heterocycles. The Bertz CT molecular complexity index is 1660. The minimum Gasteiger partial charge on any atom is -0.366 e. The molecule has 0 aliphatic carbocycles. The molecule has 0 saturated carbocycles. The van der Waals surface area contributed by atoms with Crippen molar-refractivity contribution in [3.63, 3.8) is 0 Å². The van der Waals surface area contributed by atoms with Crippen LogP contribution in [0.3, 0.4) is 0 Å². The molecule has 0 spiro atoms. The highest BCUT2D eigenvalue weighted by Gasteiger charge is 2.37. The van der Waals surface area contributed by atoms with Crippen LogP contribution in [0.1, 0.15) is 48.6 Å². The maximum atomic E-state index is 14.5. The van der Waals surface area contributed by atoms with E-state index >= 15 is 0 Å². The van der Waals surface area contributed by atoms with Gasteiger partial charge in [-0.2, -0.15) is 5.26 Å². The third-order valence-corrected chi connectivity index (χ3v) is 9.16. The van der Waals surface area contributed by atoms with Gasteiger partial charge in [-0.1, -0.05) is 73.4 Å². The number of amides is 1. The minimum atomic E-state index is -0.342. The van der Waals surface area contributed by atoms with Gasteiger partial charge in [0.25, 0.3) is 11.5 Å². The van der Waals surface area contributed by atoms with Crippen LogP contribution in [-0.2, 0) is 11.3 Å². The van der Waals surface area contributed by atoms with Crippen LogP contribution in [0.4, 0.5) is 15.9 Å². The SMILES string of the molecule is CCCn1c(N2CCN(c3ccccc3F)CC2)c(/C=C2\SC(=S)N(C(C)c3ccccc3)C2=O)c(C)c(C#N)c1=O. The first-order valence-corrected chi connectivity index (χ1v) is 15.2. The van der Waals surface area contributed by atoms with Crippen LogP contribution in [-0.4, -0.2) is 45.9 Å². The number of pyridine rings is 1. The Morgan fingerprint density at radius 2 is 1.69 bits per heavy atom. The quantitative estimate of drug-likeness (QED) is 0.248. The van der Waals surface area contributed by atoms with E-state index < -0.39 is 0 Å². The summed E-state index contributed by atoms with van der Waals surface area (Å²) < 4.78 is 16.6. The van der Waals surface area contributed by atoms with Gasteiger partial charge in [0.15, 0.2) is 0 Å². The lowest BCUT2D eigenvalue weighted by atomic mass is 10.0. The van der Waals surface area contributed by atoms with Crippen LogP contribution in [0.15, 0.2) is 64.3 Å². The third kappa shape index (κ3) is 5.46. The molecule has 3 heterocycles. The third-order valence-electron chi connectivity index (χ3n) is 7.83. The summed E-state index contributed by atoms with van der Waals surface area (Å²) in [7, 11) is 0. The van der Waals surface area contributed by atoms with E-state index in [1.165, 1.54) is 17.8 Å². The van der Waals surface area contributed by atoms with Crippen LogP contribution in [0.5, 0.6) is 0 Å². The summed E-state index contributed by atoms with van der Waals surface area (Å²) in [4.78, 5) is 33.5. The fourth-order valence-electron chi connectivity index (χ4n) is 5.61. The first-order valence-electron chi connectivity index (χ1n) is 14.0. The molecule has 0 bridgehead atoms. The van der Waals surface area contributed by atoms with E-state index in [9.17, 15) is 19.2 Å². The average molecular weight is 602 g/mol. The summed E-state index contributed by atoms with van der Waals surface area (Å²) in [5, 5.41) is 9.96. The Morgan fingerprint density at radius 1 is 1.05 bits per heavy atom. The number of piperazine rings is 1. The molecule has 42 heavy (non-hydrogen) atoms. The molecule has 1 atom stereocenters. The fourth-order valence-corrected chi connectivity index (χ4v) is 7.01. The number of nitriles is 1. The summed E-state index contributed by atoms with van der Waals surface area (Å²) in [5.74, 6) is 0.200. The van der Waals surface area contributed by atoms with Crippen LogP contribution < -0.4 is 15.4 Å². The van der Waals surface area contributed by atoms with Crippen molar-refractivity contribution in [2.24, 2.45) is 0 Å². The number of aromatic nitrogens is 1. The molecule has 0 radical (unpaired) electrons. The molecule has 2 aliphatic rings. The second-order valence-corrected chi connectivity index (χ2v) is 12.0. The summed E-state index contributed by atoms with van der Waals surface area (Å²) >= 11 is 6.89. The summed E-state index contributed by atoms with van der Waals surface area (Å²) in [6.45, 7) is 8.29. The molecule has 2 saturated heterocycles. The molecule has 2 aromatic carbocycles. The smallest absolute Gasteiger partial charge is 0.270 e. The molecule has 1 unspecified atom stereocenters. The molecule has 216 valence electrons. The van der Waals surface area contributed by atoms with Gasteiger partial charge in [0.05, 0.1) is 16.6 Å². The Morgan fingerprint density at radius 3 is 2.33 bits per heavy atom. The fraction of sp³-hybridized carbons (Fsp3) is 0.312. The second kappa shape index (κ2) is 12.5. The highest BCUT2D eigenvalue weighted by atomic mass is 32.2. The van der Waals surface area contributed by atoms with E-state index in [2.05, 4.69) is 11.0 Å². The van der Waals surface area contributed by atoms with Gasteiger partial charge in [0.2, 0.25) is 0 Å². The topological polar surface area (TPSA) is 72.6 Å². The number of anilines is 2. The maximum absolute atomic E-state index is 14.5. The molecule has 0 N–H and O–H groups in total. The Hall–Kier alpha value is -3.94. The zero-order valence-corrected chi connectivity index (χ0v) is 25.5. The molecular formula is C32H32FN5O2S2. The van der Waals surface area contributed by atoms with E-state index in [1.807, 2.05) is 55.1 Å². The number of carbonyl (C=O) groups excluding carboxylic acids is 1. The summed E-state index contributed by atoms with van der Waals surface area (Å²) in [6.07, 6.45) is 2.48. The van der Waals surface area contributed by atoms with E-state index in [0.29, 0.717) is 71.0 Å². The van der Waals surface area contributed by atoms with E-state index in [0.717, 1.165) is 5.56 Å². The van der Waals surface area contributed by atoms with Crippen LogP contribution in [0, 0.1) is 24.1 Å². The average Bonchev–Trinajstić information content (AvgIpc) is 3.28. The van der Waals surface area contributed by atoms with Crippen molar-refractivity contribution in [1.29, 1.82) is 5.26 Å². The predicted molar refractivity (Wildman–Crippen MR) is 171 cm³/mol. The van der Waals surface area contributed by atoms with Crippen molar-refractivity contribution in [3.8, 4) is 6.07 Å². The first kappa shape index (κ1) is 29.5. The largest absolute Gasteiger partial charge is 0.366 e. The molecule has 3 aromatic rings. The van der Waals surface area contributed by atoms with Crippen molar-refractivity contribution < 1.29 is 9.18 Å². The highest BCUT2D eigenvalue weighted by molar-refractivity contribution is 8.26. The molecule has 5 rings (SSSR count). The minimum absolute atomic E-state index is 0.0663. The van der Waals surface area contributed by atoms with Gasteiger partial charge >= 0.3 is 0 Å². The van der Waals surface area contributed by atoms with Gasteiger partial charge in [-0.3, -0.25) is 19.1 Å². The van der Waals surface area contributed by atoms with Gasteiger partial charge in [-0.05, 0) is 49.6 Å². The zero-order chi connectivity index (χ0) is 30.0. The number of para-hydroxylation sites is 1. The lowest BCUT2D eigenvalue weighted by molar-refractivity contribution is -0.123. The second-order valence-electron chi connectivity index (χ2n) is 10.4. The highest BCUT2D eigenvalue weighted by Crippen LogP contribution is 2.40. The van der Waals surface area contributed by atoms with Crippen molar-refractivity contribution in [3.05, 3.63) is 97.9 Å². The number of rotatable bonds is 7. The van der Waals surface area contributed by atoms with Gasteiger partial charge in [0, 0.05) is 38.3 Å². The van der Waals surface area contributed by atoms with Gasteiger partial charge in [-0.25, -0.2) is 4.39 Å². The standard InChI is InChI=1S/C32H32FN5O2S2/c1-4-14-37-29(36-17-15-35(16-18-36)27-13-9-8-12-26(27)33)24(21(2)25(20-34)30(37)39)19-28-31(40)38(32(41)42-28)22(3)23-10-6-5-7-11-23/h5-13,19,22H,4,14-18H2,1-3H3/b28-19-. The van der Waals surface area contributed by atoms with Crippen molar-refractivity contribution in [2.75, 3.05) is 36.0 Å². The predicted octanol–water partition coefficient (Wildman–Crippen LogP) is 5.87. The van der Waals surface area contributed by atoms with E-state index in [4.69, 9.17) is 12.2 Å². The van der Waals surface area contributed by atoms with Crippen molar-refractivity contribution >= 4 is 51.8 Å². The summed E-state index contributed by atoms with van der Waals surface area (Å²) in [6, 6.07) is 18.3. The van der Waals surface area contributed by atoms with E-state index in [-0.39, 0.29) is 28.9 Å². The number of hydrogen-bond acceptors (Lipinski definition) is 7. The van der Waals surface area contributed by atoms with Gasteiger partial charge < -0.3 is 9.80 Å². The van der Waals surface area contributed by atoms with Crippen LogP contribution in [0.25, 0.3) is 6.08 Å². The van der Waals surface area contributed by atoms with Crippen molar-refractivity contribution in [2.45, 2.75) is 39.8 Å². The lowest BCUT2D eigenvalue weighted by Gasteiger charge is -2.39. The number of nitrogens with zero attached hydrogens (tertiary/aromatic N) is 5. The van der Waals surface area contributed by atoms with E-state index in [1.54, 1.807) is 34.6 Å². The summed E-state index contributed by atoms with van der Waals surface area (Å²) in [5.41, 5.74) is 2.44. The maximum Gasteiger partial charge on any atom is 0.270 e. The number of carbonyl (C=O) groups is 1. The first-order chi connectivity index (χ1) is 20.3. The number of hydrogen-bond donors (Lipinski definition) is 0. The monoisotopic (exact) mass is 601 g/mol. The van der Waals surface area contributed by atoms with Crippen LogP contribution >= 0.6 is 24.0 Å². The number of thioether (sulfide) groups is 1. The molecule has 2 fully saturated rings. The number of benzene rings is 2. The lowest BCUT2D eigenvalue weighted by Crippen LogP contribution is -2.49. The normalized spacial score (nSPS) is 17.2. The Balaban J connectivity index is 1.56. The zero-order valence-electron chi connectivity index (χ0n) is 23.8.